The van der Waals surface area contributed by atoms with Gasteiger partial charge in [0.1, 0.15) is 16.6 Å². The van der Waals surface area contributed by atoms with E-state index in [1.165, 1.54) is 23.7 Å². The number of nitrogens with one attached hydrogen (secondary N) is 1. The Labute approximate surface area is 120 Å². The van der Waals surface area contributed by atoms with E-state index in [0.717, 1.165) is 0 Å². The van der Waals surface area contributed by atoms with E-state index >= 15 is 0 Å². The summed E-state index contributed by atoms with van der Waals surface area (Å²) in [6, 6.07) is 3.54. The molecule has 0 fully saturated rings. The van der Waals surface area contributed by atoms with Gasteiger partial charge in [-0.25, -0.2) is 0 Å². The summed E-state index contributed by atoms with van der Waals surface area (Å²) in [5.41, 5.74) is 0.721. The van der Waals surface area contributed by atoms with Gasteiger partial charge in [0.15, 0.2) is 0 Å². The molecule has 90 valence electrons. The molecule has 0 radical (unpaired) electrons. The van der Waals surface area contributed by atoms with E-state index in [2.05, 4.69) is 26.2 Å². The maximum Gasteiger partial charge on any atom is 0.257 e. The van der Waals surface area contributed by atoms with Gasteiger partial charge in [-0.2, -0.15) is 5.26 Å². The molecular formula is C11H5BrClN3OS. The molecule has 7 heteroatoms. The molecular weight excluding hydrogens is 338 g/mol. The third-order valence-corrected chi connectivity index (χ3v) is 4.06. The maximum atomic E-state index is 12.0. The Balaban J connectivity index is 2.28. The number of nitriles is 1. The number of pyridine rings is 1. The van der Waals surface area contributed by atoms with Gasteiger partial charge in [-0.15, -0.1) is 11.3 Å². The molecule has 0 saturated carbocycles. The molecule has 0 aliphatic carbocycles. The molecule has 0 saturated heterocycles. The average Bonchev–Trinajstić information content (AvgIpc) is 2.70. The van der Waals surface area contributed by atoms with Crippen LogP contribution in [0.2, 0.25) is 5.02 Å². The van der Waals surface area contributed by atoms with Crippen molar-refractivity contribution < 1.29 is 4.79 Å². The molecule has 2 heterocycles. The quantitative estimate of drug-likeness (QED) is 0.905. The lowest BCUT2D eigenvalue weighted by Gasteiger charge is -2.04. The van der Waals surface area contributed by atoms with Crippen molar-refractivity contribution in [1.82, 2.24) is 4.98 Å². The summed E-state index contributed by atoms with van der Waals surface area (Å²) >= 11 is 10.3. The van der Waals surface area contributed by atoms with E-state index in [-0.39, 0.29) is 11.5 Å². The number of rotatable bonds is 2. The topological polar surface area (TPSA) is 65.8 Å². The van der Waals surface area contributed by atoms with Crippen LogP contribution in [-0.4, -0.2) is 10.9 Å². The van der Waals surface area contributed by atoms with Crippen LogP contribution >= 0.6 is 38.9 Å². The molecule has 2 rings (SSSR count). The van der Waals surface area contributed by atoms with Crippen molar-refractivity contribution in [3.63, 3.8) is 0 Å². The Morgan fingerprint density at radius 1 is 1.61 bits per heavy atom. The Morgan fingerprint density at radius 2 is 2.39 bits per heavy atom. The van der Waals surface area contributed by atoms with Crippen LogP contribution in [0.5, 0.6) is 0 Å². The van der Waals surface area contributed by atoms with Gasteiger partial charge in [-0.1, -0.05) is 11.6 Å². The molecule has 0 spiro atoms. The Kier molecular flexibility index (Phi) is 3.97. The molecule has 4 nitrogen and oxygen atoms in total. The zero-order valence-corrected chi connectivity index (χ0v) is 11.9. The van der Waals surface area contributed by atoms with Gasteiger partial charge >= 0.3 is 0 Å². The first-order valence-electron chi connectivity index (χ1n) is 4.71. The largest absolute Gasteiger partial charge is 0.312 e. The van der Waals surface area contributed by atoms with Crippen LogP contribution in [0.4, 0.5) is 5.00 Å². The number of hydrogen-bond donors (Lipinski definition) is 1. The molecule has 0 atom stereocenters. The molecule has 0 aliphatic heterocycles. The summed E-state index contributed by atoms with van der Waals surface area (Å²) in [6.45, 7) is 0. The molecule has 0 aliphatic rings. The predicted molar refractivity (Wildman–Crippen MR) is 73.9 cm³/mol. The lowest BCUT2D eigenvalue weighted by molar-refractivity contribution is 0.102. The molecule has 0 unspecified atom stereocenters. The summed E-state index contributed by atoms with van der Waals surface area (Å²) in [4.78, 5) is 15.9. The normalized spacial score (nSPS) is 9.83. The minimum absolute atomic E-state index is 0.278. The van der Waals surface area contributed by atoms with Crippen molar-refractivity contribution in [2.75, 3.05) is 5.32 Å². The standard InChI is InChI=1S/C11H5BrClN3OS/c12-8-4-15-2-1-6(8)10(17)16-11-7(3-14)9(13)5-18-11/h1-2,4-5H,(H,16,17). The second kappa shape index (κ2) is 5.48. The zero-order chi connectivity index (χ0) is 13.1. The van der Waals surface area contributed by atoms with Crippen molar-refractivity contribution in [3.8, 4) is 6.07 Å². The first-order valence-corrected chi connectivity index (χ1v) is 6.76. The summed E-state index contributed by atoms with van der Waals surface area (Å²) in [5.74, 6) is -0.320. The molecule has 18 heavy (non-hydrogen) atoms. The van der Waals surface area contributed by atoms with E-state index in [1.807, 2.05) is 6.07 Å². The zero-order valence-electron chi connectivity index (χ0n) is 8.78. The maximum absolute atomic E-state index is 12.0. The summed E-state index contributed by atoms with van der Waals surface area (Å²) in [7, 11) is 0. The lowest BCUT2D eigenvalue weighted by atomic mass is 10.2. The summed E-state index contributed by atoms with van der Waals surface area (Å²) in [6.07, 6.45) is 3.05. The fourth-order valence-electron chi connectivity index (χ4n) is 1.26. The number of amides is 1. The van der Waals surface area contributed by atoms with E-state index in [1.54, 1.807) is 11.4 Å². The van der Waals surface area contributed by atoms with Gasteiger partial charge in [0.25, 0.3) is 5.91 Å². The highest BCUT2D eigenvalue weighted by Gasteiger charge is 2.15. The van der Waals surface area contributed by atoms with Crippen molar-refractivity contribution in [2.24, 2.45) is 0 Å². The van der Waals surface area contributed by atoms with Gasteiger partial charge in [0.2, 0.25) is 0 Å². The van der Waals surface area contributed by atoms with Gasteiger partial charge in [0.05, 0.1) is 10.6 Å². The second-order valence-corrected chi connectivity index (χ2v) is 5.35. The van der Waals surface area contributed by atoms with Crippen molar-refractivity contribution in [2.45, 2.75) is 0 Å². The number of aromatic nitrogens is 1. The third-order valence-electron chi connectivity index (χ3n) is 2.10. The molecule has 0 bridgehead atoms. The number of carbonyl (C=O) groups excluding carboxylic acids is 1. The minimum Gasteiger partial charge on any atom is -0.312 e. The molecule has 2 aromatic rings. The number of anilines is 1. The van der Waals surface area contributed by atoms with E-state index in [4.69, 9.17) is 16.9 Å². The molecule has 1 amide bonds. The van der Waals surface area contributed by atoms with Crippen molar-refractivity contribution in [3.05, 3.63) is 44.5 Å². The Hall–Kier alpha value is -1.42. The highest BCUT2D eigenvalue weighted by molar-refractivity contribution is 9.10. The molecule has 0 aromatic carbocycles. The molecule has 1 N–H and O–H groups in total. The van der Waals surface area contributed by atoms with Crippen LogP contribution < -0.4 is 5.32 Å². The number of halogens is 2. The van der Waals surface area contributed by atoms with Crippen LogP contribution in [-0.2, 0) is 0 Å². The minimum atomic E-state index is -0.320. The third kappa shape index (κ3) is 2.53. The fraction of sp³-hybridized carbons (Fsp3) is 0. The van der Waals surface area contributed by atoms with Crippen molar-refractivity contribution in [1.29, 1.82) is 5.26 Å². The average molecular weight is 343 g/mol. The van der Waals surface area contributed by atoms with Gasteiger partial charge in [0, 0.05) is 22.2 Å². The van der Waals surface area contributed by atoms with Gasteiger partial charge in [-0.05, 0) is 22.0 Å². The Bertz CT molecular complexity index is 650. The number of thiophene rings is 1. The second-order valence-electron chi connectivity index (χ2n) is 3.21. The monoisotopic (exact) mass is 341 g/mol. The van der Waals surface area contributed by atoms with Gasteiger partial charge in [-0.3, -0.25) is 9.78 Å². The highest BCUT2D eigenvalue weighted by atomic mass is 79.9. The summed E-state index contributed by atoms with van der Waals surface area (Å²) in [5, 5.41) is 14.0. The van der Waals surface area contributed by atoms with Crippen LogP contribution in [0.3, 0.4) is 0 Å². The van der Waals surface area contributed by atoms with Crippen LogP contribution in [0.15, 0.2) is 28.3 Å². The first-order chi connectivity index (χ1) is 8.63. The van der Waals surface area contributed by atoms with Crippen LogP contribution in [0.25, 0.3) is 0 Å². The van der Waals surface area contributed by atoms with Crippen LogP contribution in [0, 0.1) is 11.3 Å². The number of hydrogen-bond acceptors (Lipinski definition) is 4. The summed E-state index contributed by atoms with van der Waals surface area (Å²) < 4.78 is 0.587. The smallest absolute Gasteiger partial charge is 0.257 e. The predicted octanol–water partition coefficient (Wildman–Crippen LogP) is 3.68. The van der Waals surface area contributed by atoms with E-state index in [0.29, 0.717) is 20.1 Å². The van der Waals surface area contributed by atoms with E-state index < -0.39 is 0 Å². The first kappa shape index (κ1) is 13.0. The lowest BCUT2D eigenvalue weighted by Crippen LogP contribution is -2.12. The Morgan fingerprint density at radius 3 is 3.06 bits per heavy atom. The molecule has 2 aromatic heterocycles. The number of carbonyl (C=O) groups is 1. The van der Waals surface area contributed by atoms with Crippen molar-refractivity contribution >= 4 is 49.8 Å². The highest BCUT2D eigenvalue weighted by Crippen LogP contribution is 2.31. The van der Waals surface area contributed by atoms with Gasteiger partial charge < -0.3 is 5.32 Å². The number of nitrogens with zero attached hydrogens (tertiary/aromatic N) is 2. The SMILES string of the molecule is N#Cc1c(Cl)csc1NC(=O)c1ccncc1Br. The van der Waals surface area contributed by atoms with Crippen LogP contribution in [0.1, 0.15) is 15.9 Å². The fourth-order valence-corrected chi connectivity index (χ4v) is 2.78. The van der Waals surface area contributed by atoms with E-state index in [9.17, 15) is 4.79 Å².